The molecule has 1 aromatic rings. The maximum absolute atomic E-state index is 13.2. The summed E-state index contributed by atoms with van der Waals surface area (Å²) in [5, 5.41) is 0.0853. The van der Waals surface area contributed by atoms with E-state index in [2.05, 4.69) is 4.99 Å². The molecule has 0 fully saturated rings. The molecule has 0 radical (unpaired) electrons. The van der Waals surface area contributed by atoms with E-state index < -0.39 is 23.6 Å². The smallest absolute Gasteiger partial charge is 0.330 e. The van der Waals surface area contributed by atoms with Crippen LogP contribution in [0.25, 0.3) is 0 Å². The quantitative estimate of drug-likeness (QED) is 0.633. The lowest BCUT2D eigenvalue weighted by atomic mass is 10.1. The molecule has 0 spiro atoms. The van der Waals surface area contributed by atoms with E-state index in [-0.39, 0.29) is 11.6 Å². The van der Waals surface area contributed by atoms with Gasteiger partial charge in [0, 0.05) is 11.3 Å². The SMILES string of the molecule is CCOC(=O)[C@H]1CCC(c2cc(F)c(F)cc2Cl)=N1. The monoisotopic (exact) mass is 287 g/mol. The van der Waals surface area contributed by atoms with Crippen LogP contribution in [0.2, 0.25) is 5.02 Å². The molecule has 1 aliphatic heterocycles. The minimum absolute atomic E-state index is 0.0853. The number of hydrogen-bond donors (Lipinski definition) is 0. The van der Waals surface area contributed by atoms with Crippen LogP contribution >= 0.6 is 11.6 Å². The van der Waals surface area contributed by atoms with E-state index in [1.165, 1.54) is 0 Å². The molecule has 102 valence electrons. The Morgan fingerprint density at radius 2 is 2.16 bits per heavy atom. The summed E-state index contributed by atoms with van der Waals surface area (Å²) in [6.45, 7) is 2.00. The van der Waals surface area contributed by atoms with Crippen molar-refractivity contribution in [1.29, 1.82) is 0 Å². The van der Waals surface area contributed by atoms with Crippen LogP contribution in [0.3, 0.4) is 0 Å². The number of rotatable bonds is 3. The van der Waals surface area contributed by atoms with Crippen molar-refractivity contribution in [1.82, 2.24) is 0 Å². The number of aliphatic imine (C=N–C) groups is 1. The first-order valence-electron chi connectivity index (χ1n) is 5.91. The minimum Gasteiger partial charge on any atom is -0.464 e. The highest BCUT2D eigenvalue weighted by Crippen LogP contribution is 2.26. The van der Waals surface area contributed by atoms with E-state index in [9.17, 15) is 13.6 Å². The fraction of sp³-hybridized carbons (Fsp3) is 0.385. The molecule has 1 heterocycles. The van der Waals surface area contributed by atoms with Gasteiger partial charge in [-0.15, -0.1) is 0 Å². The Bertz CT molecular complexity index is 546. The first kappa shape index (κ1) is 13.9. The maximum Gasteiger partial charge on any atom is 0.330 e. The molecule has 0 N–H and O–H groups in total. The van der Waals surface area contributed by atoms with Gasteiger partial charge in [-0.05, 0) is 31.9 Å². The predicted octanol–water partition coefficient (Wildman–Crippen LogP) is 3.13. The van der Waals surface area contributed by atoms with E-state index in [0.29, 0.717) is 24.1 Å². The second kappa shape index (κ2) is 5.65. The standard InChI is InChI=1S/C13H12ClF2NO2/c1-2-19-13(18)12-4-3-11(17-12)7-5-9(15)10(16)6-8(7)14/h5-6,12H,2-4H2,1H3/t12-/m1/s1. The molecule has 1 atom stereocenters. The van der Waals surface area contributed by atoms with Crippen LogP contribution in [0.5, 0.6) is 0 Å². The Morgan fingerprint density at radius 3 is 2.84 bits per heavy atom. The molecule has 0 unspecified atom stereocenters. The summed E-state index contributed by atoms with van der Waals surface area (Å²) >= 11 is 5.87. The largest absolute Gasteiger partial charge is 0.464 e. The van der Waals surface area contributed by atoms with Crippen LogP contribution in [-0.2, 0) is 9.53 Å². The van der Waals surface area contributed by atoms with Crippen LogP contribution in [-0.4, -0.2) is 24.3 Å². The van der Waals surface area contributed by atoms with Gasteiger partial charge in [0.05, 0.1) is 11.6 Å². The molecular formula is C13H12ClF2NO2. The van der Waals surface area contributed by atoms with Crippen molar-refractivity contribution in [2.24, 2.45) is 4.99 Å². The number of halogens is 3. The lowest BCUT2D eigenvalue weighted by molar-refractivity contribution is -0.144. The number of nitrogens with zero attached hydrogens (tertiary/aromatic N) is 1. The second-order valence-corrected chi connectivity index (χ2v) is 4.54. The zero-order valence-corrected chi connectivity index (χ0v) is 11.0. The predicted molar refractivity (Wildman–Crippen MR) is 67.6 cm³/mol. The number of esters is 1. The molecule has 3 nitrogen and oxygen atoms in total. The zero-order valence-electron chi connectivity index (χ0n) is 10.3. The average molecular weight is 288 g/mol. The summed E-state index contributed by atoms with van der Waals surface area (Å²) in [6.07, 6.45) is 0.970. The lowest BCUT2D eigenvalue weighted by Crippen LogP contribution is -2.18. The first-order valence-corrected chi connectivity index (χ1v) is 6.29. The number of ether oxygens (including phenoxy) is 1. The molecule has 19 heavy (non-hydrogen) atoms. The van der Waals surface area contributed by atoms with Crippen LogP contribution < -0.4 is 0 Å². The van der Waals surface area contributed by atoms with Crippen molar-refractivity contribution in [2.45, 2.75) is 25.8 Å². The Labute approximate surface area is 114 Å². The molecule has 1 aromatic carbocycles. The Hall–Kier alpha value is -1.49. The van der Waals surface area contributed by atoms with Crippen LogP contribution in [0.1, 0.15) is 25.3 Å². The Morgan fingerprint density at radius 1 is 1.47 bits per heavy atom. The summed E-state index contributed by atoms with van der Waals surface area (Å²) in [5.41, 5.74) is 0.828. The van der Waals surface area contributed by atoms with Gasteiger partial charge in [0.15, 0.2) is 11.6 Å². The summed E-state index contributed by atoms with van der Waals surface area (Å²) in [7, 11) is 0. The van der Waals surface area contributed by atoms with Gasteiger partial charge < -0.3 is 4.74 Å². The molecule has 0 amide bonds. The van der Waals surface area contributed by atoms with Crippen molar-refractivity contribution in [3.05, 3.63) is 34.4 Å². The molecule has 0 saturated carbocycles. The van der Waals surface area contributed by atoms with Gasteiger partial charge in [0.2, 0.25) is 0 Å². The molecule has 0 aromatic heterocycles. The highest BCUT2D eigenvalue weighted by Gasteiger charge is 2.27. The van der Waals surface area contributed by atoms with Gasteiger partial charge in [-0.1, -0.05) is 11.6 Å². The normalized spacial score (nSPS) is 18.3. The zero-order chi connectivity index (χ0) is 14.0. The highest BCUT2D eigenvalue weighted by molar-refractivity contribution is 6.34. The van der Waals surface area contributed by atoms with Crippen LogP contribution in [0.4, 0.5) is 8.78 Å². The van der Waals surface area contributed by atoms with E-state index in [4.69, 9.17) is 16.3 Å². The van der Waals surface area contributed by atoms with Crippen LogP contribution in [0.15, 0.2) is 17.1 Å². The Kier molecular flexibility index (Phi) is 4.14. The fourth-order valence-corrected chi connectivity index (χ4v) is 2.21. The van der Waals surface area contributed by atoms with Gasteiger partial charge in [0.1, 0.15) is 6.04 Å². The topological polar surface area (TPSA) is 38.7 Å². The number of benzene rings is 1. The summed E-state index contributed by atoms with van der Waals surface area (Å²) < 4.78 is 31.1. The summed E-state index contributed by atoms with van der Waals surface area (Å²) in [6, 6.07) is 1.33. The fourth-order valence-electron chi connectivity index (χ4n) is 1.95. The maximum atomic E-state index is 13.2. The summed E-state index contributed by atoms with van der Waals surface area (Å²) in [5.74, 6) is -2.40. The molecule has 1 aliphatic rings. The number of carbonyl (C=O) groups excluding carboxylic acids is 1. The van der Waals surface area contributed by atoms with Crippen LogP contribution in [0, 0.1) is 11.6 Å². The van der Waals surface area contributed by atoms with Crippen molar-refractivity contribution in [3.8, 4) is 0 Å². The van der Waals surface area contributed by atoms with E-state index in [1.54, 1.807) is 6.92 Å². The third-order valence-corrected chi connectivity index (χ3v) is 3.16. The van der Waals surface area contributed by atoms with Gasteiger partial charge in [-0.2, -0.15) is 0 Å². The van der Waals surface area contributed by atoms with Crippen molar-refractivity contribution >= 4 is 23.3 Å². The molecular weight excluding hydrogens is 276 g/mol. The second-order valence-electron chi connectivity index (χ2n) is 4.13. The minimum atomic E-state index is -1.01. The molecule has 2 rings (SSSR count). The number of hydrogen-bond acceptors (Lipinski definition) is 3. The Balaban J connectivity index is 2.26. The third kappa shape index (κ3) is 2.92. The van der Waals surface area contributed by atoms with E-state index >= 15 is 0 Å². The van der Waals surface area contributed by atoms with Crippen molar-refractivity contribution in [3.63, 3.8) is 0 Å². The van der Waals surface area contributed by atoms with E-state index in [0.717, 1.165) is 12.1 Å². The third-order valence-electron chi connectivity index (χ3n) is 2.85. The summed E-state index contributed by atoms with van der Waals surface area (Å²) in [4.78, 5) is 15.7. The molecule has 0 aliphatic carbocycles. The molecule has 6 heteroatoms. The molecule has 0 saturated heterocycles. The highest BCUT2D eigenvalue weighted by atomic mass is 35.5. The first-order chi connectivity index (χ1) is 9.02. The van der Waals surface area contributed by atoms with Crippen molar-refractivity contribution < 1.29 is 18.3 Å². The number of carbonyl (C=O) groups is 1. The lowest BCUT2D eigenvalue weighted by Gasteiger charge is -2.05. The average Bonchev–Trinajstić information content (AvgIpc) is 2.83. The van der Waals surface area contributed by atoms with Gasteiger partial charge in [-0.3, -0.25) is 4.99 Å². The van der Waals surface area contributed by atoms with E-state index in [1.807, 2.05) is 0 Å². The van der Waals surface area contributed by atoms with Gasteiger partial charge >= 0.3 is 5.97 Å². The molecule has 0 bridgehead atoms. The van der Waals surface area contributed by atoms with Crippen molar-refractivity contribution in [2.75, 3.05) is 6.61 Å². The van der Waals surface area contributed by atoms with Gasteiger partial charge in [-0.25, -0.2) is 13.6 Å². The van der Waals surface area contributed by atoms with Gasteiger partial charge in [0.25, 0.3) is 0 Å².